The zero-order chi connectivity index (χ0) is 12.0. The van der Waals surface area contributed by atoms with E-state index in [-0.39, 0.29) is 24.6 Å². The second kappa shape index (κ2) is 6.18. The van der Waals surface area contributed by atoms with E-state index in [0.717, 1.165) is 25.7 Å². The lowest BCUT2D eigenvalue weighted by atomic mass is 9.80. The van der Waals surface area contributed by atoms with Gasteiger partial charge in [-0.25, -0.2) is 0 Å². The molecule has 16 heavy (non-hydrogen) atoms. The Morgan fingerprint density at radius 2 is 2.00 bits per heavy atom. The maximum absolute atomic E-state index is 11.6. The first-order chi connectivity index (χ1) is 7.56. The third-order valence-electron chi connectivity index (χ3n) is 3.11. The number of aliphatic hydroxyl groups is 2. The Kier molecular flexibility index (Phi) is 5.18. The van der Waals surface area contributed by atoms with E-state index in [1.54, 1.807) is 0 Å². The normalized spacial score (nSPS) is 21.4. The maximum atomic E-state index is 11.6. The Balaban J connectivity index is 2.27. The second-order valence-corrected chi connectivity index (χ2v) is 4.74. The predicted molar refractivity (Wildman–Crippen MR) is 60.7 cm³/mol. The van der Waals surface area contributed by atoms with Crippen LogP contribution in [0.25, 0.3) is 0 Å². The number of rotatable bonds is 5. The van der Waals surface area contributed by atoms with Crippen LogP contribution in [0.2, 0.25) is 0 Å². The van der Waals surface area contributed by atoms with E-state index in [4.69, 9.17) is 15.9 Å². The van der Waals surface area contributed by atoms with Crippen molar-refractivity contribution in [2.24, 2.45) is 5.73 Å². The second-order valence-electron chi connectivity index (χ2n) is 4.74. The number of nitrogens with two attached hydrogens (primary N) is 1. The van der Waals surface area contributed by atoms with Crippen LogP contribution in [-0.2, 0) is 4.79 Å². The summed E-state index contributed by atoms with van der Waals surface area (Å²) in [6.07, 6.45) is 4.58. The van der Waals surface area contributed by atoms with Crippen molar-refractivity contribution in [2.45, 2.75) is 50.2 Å². The summed E-state index contributed by atoms with van der Waals surface area (Å²) in [5.41, 5.74) is 5.76. The third-order valence-corrected chi connectivity index (χ3v) is 3.11. The first-order valence-electron chi connectivity index (χ1n) is 5.90. The SMILES string of the molecule is NC1(CC(=O)NCC(O)CO)CCCCC1. The van der Waals surface area contributed by atoms with Gasteiger partial charge in [-0.2, -0.15) is 0 Å². The average Bonchev–Trinajstić information content (AvgIpc) is 2.26. The monoisotopic (exact) mass is 230 g/mol. The molecule has 1 amide bonds. The lowest BCUT2D eigenvalue weighted by Gasteiger charge is -2.32. The fourth-order valence-electron chi connectivity index (χ4n) is 2.11. The molecule has 0 heterocycles. The van der Waals surface area contributed by atoms with E-state index in [1.165, 1.54) is 6.42 Å². The number of carbonyl (C=O) groups is 1. The molecule has 94 valence electrons. The van der Waals surface area contributed by atoms with Crippen molar-refractivity contribution in [2.75, 3.05) is 13.2 Å². The Morgan fingerprint density at radius 3 is 2.56 bits per heavy atom. The smallest absolute Gasteiger partial charge is 0.221 e. The number of carbonyl (C=O) groups excluding carboxylic acids is 1. The van der Waals surface area contributed by atoms with Crippen LogP contribution in [-0.4, -0.2) is 40.9 Å². The molecule has 1 aliphatic rings. The fourth-order valence-corrected chi connectivity index (χ4v) is 2.11. The molecule has 0 aromatic heterocycles. The van der Waals surface area contributed by atoms with Crippen molar-refractivity contribution in [1.82, 2.24) is 5.32 Å². The van der Waals surface area contributed by atoms with Gasteiger partial charge in [0.25, 0.3) is 0 Å². The molecule has 1 rings (SSSR count). The van der Waals surface area contributed by atoms with Gasteiger partial charge in [-0.3, -0.25) is 4.79 Å². The fraction of sp³-hybridized carbons (Fsp3) is 0.909. The molecular weight excluding hydrogens is 208 g/mol. The van der Waals surface area contributed by atoms with Crippen molar-refractivity contribution >= 4 is 5.91 Å². The van der Waals surface area contributed by atoms with Crippen molar-refractivity contribution in [3.8, 4) is 0 Å². The minimum absolute atomic E-state index is 0.0887. The van der Waals surface area contributed by atoms with Gasteiger partial charge in [0.15, 0.2) is 0 Å². The number of hydrogen-bond acceptors (Lipinski definition) is 4. The molecule has 0 aromatic carbocycles. The third kappa shape index (κ3) is 4.47. The molecule has 5 heteroatoms. The lowest BCUT2D eigenvalue weighted by molar-refractivity contribution is -0.123. The maximum Gasteiger partial charge on any atom is 0.221 e. The standard InChI is InChI=1S/C11H22N2O3/c12-11(4-2-1-3-5-11)6-10(16)13-7-9(15)8-14/h9,14-15H,1-8,12H2,(H,13,16). The lowest BCUT2D eigenvalue weighted by Crippen LogP contribution is -2.47. The van der Waals surface area contributed by atoms with Gasteiger partial charge in [-0.15, -0.1) is 0 Å². The zero-order valence-corrected chi connectivity index (χ0v) is 9.61. The molecule has 5 N–H and O–H groups in total. The van der Waals surface area contributed by atoms with Crippen LogP contribution in [0.1, 0.15) is 38.5 Å². The molecule has 0 aromatic rings. The van der Waals surface area contributed by atoms with Gasteiger partial charge in [-0.1, -0.05) is 19.3 Å². The minimum atomic E-state index is -0.885. The Morgan fingerprint density at radius 1 is 1.38 bits per heavy atom. The van der Waals surface area contributed by atoms with Gasteiger partial charge in [0.2, 0.25) is 5.91 Å². The number of nitrogens with one attached hydrogen (secondary N) is 1. The van der Waals surface area contributed by atoms with E-state index < -0.39 is 6.10 Å². The first-order valence-corrected chi connectivity index (χ1v) is 5.90. The molecule has 1 saturated carbocycles. The Labute approximate surface area is 96.0 Å². The van der Waals surface area contributed by atoms with Gasteiger partial charge in [-0.05, 0) is 12.8 Å². The van der Waals surface area contributed by atoms with Crippen LogP contribution >= 0.6 is 0 Å². The van der Waals surface area contributed by atoms with Crippen molar-refractivity contribution in [3.05, 3.63) is 0 Å². The molecule has 0 spiro atoms. The molecule has 1 fully saturated rings. The summed E-state index contributed by atoms with van der Waals surface area (Å²) in [7, 11) is 0. The molecule has 1 unspecified atom stereocenters. The molecule has 5 nitrogen and oxygen atoms in total. The molecule has 0 radical (unpaired) electrons. The molecule has 0 saturated heterocycles. The molecule has 0 aliphatic heterocycles. The highest BCUT2D eigenvalue weighted by Gasteiger charge is 2.29. The topological polar surface area (TPSA) is 95.6 Å². The van der Waals surface area contributed by atoms with Crippen molar-refractivity contribution in [3.63, 3.8) is 0 Å². The van der Waals surface area contributed by atoms with Gasteiger partial charge in [0.1, 0.15) is 0 Å². The van der Waals surface area contributed by atoms with E-state index >= 15 is 0 Å². The van der Waals surface area contributed by atoms with Gasteiger partial charge in [0.05, 0.1) is 12.7 Å². The van der Waals surface area contributed by atoms with E-state index in [0.29, 0.717) is 6.42 Å². The summed E-state index contributed by atoms with van der Waals surface area (Å²) in [5, 5.41) is 20.3. The van der Waals surface area contributed by atoms with E-state index in [2.05, 4.69) is 5.32 Å². The highest BCUT2D eigenvalue weighted by Crippen LogP contribution is 2.28. The van der Waals surface area contributed by atoms with Gasteiger partial charge >= 0.3 is 0 Å². The summed E-state index contributed by atoms with van der Waals surface area (Å²) in [6, 6.07) is 0. The zero-order valence-electron chi connectivity index (χ0n) is 9.61. The highest BCUT2D eigenvalue weighted by atomic mass is 16.3. The molecule has 0 bridgehead atoms. The summed E-state index contributed by atoms with van der Waals surface area (Å²) >= 11 is 0. The van der Waals surface area contributed by atoms with Crippen LogP contribution in [0.3, 0.4) is 0 Å². The summed E-state index contributed by atoms with van der Waals surface area (Å²) in [4.78, 5) is 11.6. The summed E-state index contributed by atoms with van der Waals surface area (Å²) in [5.74, 6) is -0.142. The molecule has 1 atom stereocenters. The summed E-state index contributed by atoms with van der Waals surface area (Å²) in [6.45, 7) is -0.251. The van der Waals surface area contributed by atoms with Gasteiger partial charge < -0.3 is 21.3 Å². The summed E-state index contributed by atoms with van der Waals surface area (Å²) < 4.78 is 0. The largest absolute Gasteiger partial charge is 0.394 e. The van der Waals surface area contributed by atoms with Crippen LogP contribution < -0.4 is 11.1 Å². The molecule has 1 aliphatic carbocycles. The van der Waals surface area contributed by atoms with Crippen molar-refractivity contribution in [1.29, 1.82) is 0 Å². The molecular formula is C11H22N2O3. The van der Waals surface area contributed by atoms with Crippen LogP contribution in [0, 0.1) is 0 Å². The quantitative estimate of drug-likeness (QED) is 0.512. The number of hydrogen-bond donors (Lipinski definition) is 4. The van der Waals surface area contributed by atoms with Crippen LogP contribution in [0.4, 0.5) is 0 Å². The van der Waals surface area contributed by atoms with Crippen molar-refractivity contribution < 1.29 is 15.0 Å². The Bertz CT molecular complexity index is 227. The first kappa shape index (κ1) is 13.4. The van der Waals surface area contributed by atoms with E-state index in [9.17, 15) is 4.79 Å². The van der Waals surface area contributed by atoms with E-state index in [1.807, 2.05) is 0 Å². The van der Waals surface area contributed by atoms with Gasteiger partial charge in [0, 0.05) is 18.5 Å². The minimum Gasteiger partial charge on any atom is -0.394 e. The van der Waals surface area contributed by atoms with Crippen LogP contribution in [0.5, 0.6) is 0 Å². The Hall–Kier alpha value is -0.650. The number of amides is 1. The average molecular weight is 230 g/mol. The van der Waals surface area contributed by atoms with Crippen LogP contribution in [0.15, 0.2) is 0 Å². The predicted octanol–water partition coefficient (Wildman–Crippen LogP) is -0.493. The number of aliphatic hydroxyl groups excluding tert-OH is 2. The highest BCUT2D eigenvalue weighted by molar-refractivity contribution is 5.77.